The highest BCUT2D eigenvalue weighted by Crippen LogP contribution is 2.34. The number of hydrogen-bond acceptors (Lipinski definition) is 4. The van der Waals surface area contributed by atoms with Crippen molar-refractivity contribution in [2.75, 3.05) is 32.9 Å². The van der Waals surface area contributed by atoms with E-state index in [-0.39, 0.29) is 18.6 Å². The first-order valence-corrected chi connectivity index (χ1v) is 11.6. The zero-order chi connectivity index (χ0) is 20.2. The molecule has 1 amide bonds. The minimum atomic E-state index is -2.37. The molecule has 2 aliphatic heterocycles. The number of morpholine rings is 1. The first-order chi connectivity index (χ1) is 14.1. The number of piperidine rings is 1. The van der Waals surface area contributed by atoms with Crippen LogP contribution in [0, 0.1) is 5.92 Å². The molecule has 0 aromatic heterocycles. The van der Waals surface area contributed by atoms with Crippen LogP contribution in [0.4, 0.5) is 8.78 Å². The van der Waals surface area contributed by atoms with Gasteiger partial charge in [-0.15, -0.1) is 0 Å². The van der Waals surface area contributed by atoms with Crippen LogP contribution in [0.25, 0.3) is 0 Å². The summed E-state index contributed by atoms with van der Waals surface area (Å²) >= 11 is 0. The number of halogens is 2. The molecule has 0 N–H and O–H groups in total. The number of carbonyl (C=O) groups excluding carboxylic acids is 1. The quantitative estimate of drug-likeness (QED) is 0.668. The van der Waals surface area contributed by atoms with E-state index in [4.69, 9.17) is 9.47 Å². The van der Waals surface area contributed by atoms with Gasteiger partial charge in [0.1, 0.15) is 13.2 Å². The van der Waals surface area contributed by atoms with E-state index in [0.717, 1.165) is 64.5 Å². The lowest BCUT2D eigenvalue weighted by Gasteiger charge is -2.50. The summed E-state index contributed by atoms with van der Waals surface area (Å²) in [4.78, 5) is 17.4. The van der Waals surface area contributed by atoms with Gasteiger partial charge >= 0.3 is 0 Å². The Balaban J connectivity index is 1.22. The van der Waals surface area contributed by atoms with Crippen molar-refractivity contribution < 1.29 is 23.0 Å². The number of hydrogen-bond donors (Lipinski definition) is 0. The maximum absolute atomic E-state index is 12.6. The van der Waals surface area contributed by atoms with E-state index in [1.54, 1.807) is 0 Å². The monoisotopic (exact) mass is 414 g/mol. The lowest BCUT2D eigenvalue weighted by molar-refractivity contribution is -0.167. The van der Waals surface area contributed by atoms with Crippen molar-refractivity contribution in [3.8, 4) is 0 Å². The van der Waals surface area contributed by atoms with Crippen LogP contribution in [0.1, 0.15) is 64.2 Å². The number of ether oxygens (including phenoxy) is 2. The Morgan fingerprint density at radius 2 is 1.69 bits per heavy atom. The molecule has 0 radical (unpaired) electrons. The van der Waals surface area contributed by atoms with Crippen LogP contribution < -0.4 is 0 Å². The lowest BCUT2D eigenvalue weighted by Crippen LogP contribution is -2.61. The average molecular weight is 415 g/mol. The maximum atomic E-state index is 12.6. The van der Waals surface area contributed by atoms with Gasteiger partial charge in [-0.3, -0.25) is 4.79 Å². The van der Waals surface area contributed by atoms with Crippen LogP contribution in [-0.2, 0) is 14.3 Å². The molecule has 4 aliphatic rings. The highest BCUT2D eigenvalue weighted by molar-refractivity contribution is 5.79. The van der Waals surface area contributed by atoms with E-state index in [2.05, 4.69) is 9.80 Å². The molecule has 4 rings (SSSR count). The van der Waals surface area contributed by atoms with Crippen LogP contribution in [0.5, 0.6) is 0 Å². The zero-order valence-corrected chi connectivity index (χ0v) is 17.4. The molecule has 2 aliphatic carbocycles. The van der Waals surface area contributed by atoms with Gasteiger partial charge in [-0.05, 0) is 57.3 Å². The number of rotatable bonds is 6. The summed E-state index contributed by atoms with van der Waals surface area (Å²) in [5.41, 5.74) is 0. The molecule has 0 aromatic rings. The largest absolute Gasteiger partial charge is 0.375 e. The molecule has 2 saturated heterocycles. The third-order valence-electron chi connectivity index (χ3n) is 7.56. The van der Waals surface area contributed by atoms with Gasteiger partial charge in [0.25, 0.3) is 6.43 Å². The van der Waals surface area contributed by atoms with Crippen molar-refractivity contribution in [3.63, 3.8) is 0 Å². The smallest absolute Gasteiger partial charge is 0.261 e. The van der Waals surface area contributed by atoms with E-state index >= 15 is 0 Å². The molecule has 4 fully saturated rings. The van der Waals surface area contributed by atoms with Gasteiger partial charge in [-0.2, -0.15) is 0 Å². The van der Waals surface area contributed by atoms with Gasteiger partial charge in [0, 0.05) is 31.8 Å². The highest BCUT2D eigenvalue weighted by Gasteiger charge is 2.42. The lowest BCUT2D eigenvalue weighted by atomic mass is 9.84. The summed E-state index contributed by atoms with van der Waals surface area (Å²) in [7, 11) is 0. The third-order valence-corrected chi connectivity index (χ3v) is 7.56. The number of likely N-dealkylation sites (tertiary alicyclic amines) is 1. The number of carbonyl (C=O) groups is 1. The summed E-state index contributed by atoms with van der Waals surface area (Å²) in [5, 5.41) is 0. The molecule has 29 heavy (non-hydrogen) atoms. The first-order valence-electron chi connectivity index (χ1n) is 11.6. The molecular formula is C22H36F2N2O3. The number of alkyl halides is 2. The molecular weight excluding hydrogens is 378 g/mol. The van der Waals surface area contributed by atoms with Crippen molar-refractivity contribution in [2.24, 2.45) is 5.92 Å². The normalized spacial score (nSPS) is 35.1. The van der Waals surface area contributed by atoms with E-state index in [1.165, 1.54) is 12.8 Å². The SMILES string of the molecule is O=C1CO[C@H]2CCCC[C@@H]2N1C1CCN(C2CCC(COCC(F)F)CC2)CC1. The molecule has 0 unspecified atom stereocenters. The molecule has 7 heteroatoms. The second-order valence-corrected chi connectivity index (χ2v) is 9.37. The van der Waals surface area contributed by atoms with Gasteiger partial charge < -0.3 is 19.3 Å². The van der Waals surface area contributed by atoms with Gasteiger partial charge in [0.15, 0.2) is 0 Å². The average Bonchev–Trinajstić information content (AvgIpc) is 2.74. The second-order valence-electron chi connectivity index (χ2n) is 9.37. The highest BCUT2D eigenvalue weighted by atomic mass is 19.3. The zero-order valence-electron chi connectivity index (χ0n) is 17.4. The van der Waals surface area contributed by atoms with Crippen molar-refractivity contribution in [2.45, 2.75) is 94.9 Å². The fraction of sp³-hybridized carbons (Fsp3) is 0.955. The fourth-order valence-electron chi connectivity index (χ4n) is 6.03. The predicted molar refractivity (Wildman–Crippen MR) is 106 cm³/mol. The standard InChI is InChI=1S/C22H36F2N2O3/c23-21(24)14-28-13-16-5-7-17(8-6-16)25-11-9-18(10-12-25)26-19-3-1-2-4-20(19)29-15-22(26)27/h16-21H,1-15H2/t16?,17?,19-,20-/m0/s1. The van der Waals surface area contributed by atoms with Crippen LogP contribution in [-0.4, -0.2) is 79.3 Å². The minimum Gasteiger partial charge on any atom is -0.375 e. The van der Waals surface area contributed by atoms with Crippen LogP contribution in [0.15, 0.2) is 0 Å². The molecule has 0 bridgehead atoms. The predicted octanol–water partition coefficient (Wildman–Crippen LogP) is 3.46. The first kappa shape index (κ1) is 21.4. The van der Waals surface area contributed by atoms with Gasteiger partial charge in [-0.25, -0.2) is 8.78 Å². The molecule has 2 atom stereocenters. The Kier molecular flexibility index (Phi) is 7.40. The summed E-state index contributed by atoms with van der Waals surface area (Å²) in [6, 6.07) is 1.27. The molecule has 2 heterocycles. The Morgan fingerprint density at radius 3 is 2.41 bits per heavy atom. The van der Waals surface area contributed by atoms with E-state index in [9.17, 15) is 13.6 Å². The Morgan fingerprint density at radius 1 is 0.966 bits per heavy atom. The third kappa shape index (κ3) is 5.28. The molecule has 0 spiro atoms. The van der Waals surface area contributed by atoms with Crippen molar-refractivity contribution >= 4 is 5.91 Å². The number of amides is 1. The number of fused-ring (bicyclic) bond motifs is 1. The van der Waals surface area contributed by atoms with E-state index < -0.39 is 13.0 Å². The second kappa shape index (κ2) is 10.0. The topological polar surface area (TPSA) is 42.0 Å². The van der Waals surface area contributed by atoms with Gasteiger partial charge in [-0.1, -0.05) is 12.8 Å². The summed E-state index contributed by atoms with van der Waals surface area (Å²) in [5.74, 6) is 0.618. The van der Waals surface area contributed by atoms with Crippen LogP contribution in [0.2, 0.25) is 0 Å². The molecule has 5 nitrogen and oxygen atoms in total. The Bertz CT molecular complexity index is 534. The minimum absolute atomic E-state index is 0.191. The van der Waals surface area contributed by atoms with Crippen LogP contribution in [0.3, 0.4) is 0 Å². The van der Waals surface area contributed by atoms with Crippen molar-refractivity contribution in [1.29, 1.82) is 0 Å². The van der Waals surface area contributed by atoms with Gasteiger partial charge in [0.2, 0.25) is 5.91 Å². The molecule has 2 saturated carbocycles. The van der Waals surface area contributed by atoms with Crippen LogP contribution >= 0.6 is 0 Å². The molecule has 0 aromatic carbocycles. The van der Waals surface area contributed by atoms with Crippen molar-refractivity contribution in [1.82, 2.24) is 9.80 Å². The fourth-order valence-corrected chi connectivity index (χ4v) is 6.03. The number of nitrogens with zero attached hydrogens (tertiary/aromatic N) is 2. The van der Waals surface area contributed by atoms with Crippen molar-refractivity contribution in [3.05, 3.63) is 0 Å². The Hall–Kier alpha value is -0.790. The summed E-state index contributed by atoms with van der Waals surface area (Å²) in [6.07, 6.45) is 9.03. The van der Waals surface area contributed by atoms with E-state index in [1.807, 2.05) is 0 Å². The van der Waals surface area contributed by atoms with Gasteiger partial charge in [0.05, 0.1) is 12.1 Å². The summed E-state index contributed by atoms with van der Waals surface area (Å²) < 4.78 is 35.4. The summed E-state index contributed by atoms with van der Waals surface area (Å²) in [6.45, 7) is 2.42. The maximum Gasteiger partial charge on any atom is 0.261 e. The molecule has 166 valence electrons. The Labute approximate surface area is 173 Å². The van der Waals surface area contributed by atoms with E-state index in [0.29, 0.717) is 30.7 Å².